The third kappa shape index (κ3) is 2.53. The van der Waals surface area contributed by atoms with E-state index in [1.165, 1.54) is 0 Å². The van der Waals surface area contributed by atoms with Gasteiger partial charge in [0.2, 0.25) is 0 Å². The van der Waals surface area contributed by atoms with Crippen molar-refractivity contribution in [1.29, 1.82) is 0 Å². The molecule has 2 aromatic rings. The zero-order chi connectivity index (χ0) is 10.5. The minimum Gasteiger partial charge on any atom is -0.373 e. The Morgan fingerprint density at radius 1 is 1.07 bits per heavy atom. The highest BCUT2D eigenvalue weighted by molar-refractivity contribution is 5.35. The summed E-state index contributed by atoms with van der Waals surface area (Å²) in [5.74, 6) is 0.892. The van der Waals surface area contributed by atoms with Crippen molar-refractivity contribution in [3.05, 3.63) is 54.0 Å². The molecule has 1 N–H and O–H groups in total. The summed E-state index contributed by atoms with van der Waals surface area (Å²) in [5.41, 5.74) is 2.07. The van der Waals surface area contributed by atoms with Gasteiger partial charge in [0.25, 0.3) is 0 Å². The second-order valence-electron chi connectivity index (χ2n) is 3.26. The van der Waals surface area contributed by atoms with Gasteiger partial charge in [-0.15, -0.1) is 0 Å². The van der Waals surface area contributed by atoms with Gasteiger partial charge in [0.1, 0.15) is 5.82 Å². The van der Waals surface area contributed by atoms with Crippen molar-refractivity contribution in [2.45, 2.75) is 6.42 Å². The lowest BCUT2D eigenvalue weighted by Gasteiger charge is -2.03. The number of anilines is 1. The van der Waals surface area contributed by atoms with Gasteiger partial charge in [-0.05, 0) is 24.3 Å². The van der Waals surface area contributed by atoms with Crippen molar-refractivity contribution in [1.82, 2.24) is 9.97 Å². The summed E-state index contributed by atoms with van der Waals surface area (Å²) in [6.07, 6.45) is 2.58. The molecule has 0 spiro atoms. The van der Waals surface area contributed by atoms with Gasteiger partial charge in [0.05, 0.1) is 0 Å². The van der Waals surface area contributed by atoms with Crippen LogP contribution in [0, 0.1) is 0 Å². The fraction of sp³-hybridized carbons (Fsp3) is 0.167. The molecule has 2 rings (SSSR count). The maximum atomic E-state index is 4.44. The first kappa shape index (κ1) is 9.65. The second kappa shape index (κ2) is 4.55. The molecule has 76 valence electrons. The number of nitrogens with zero attached hydrogens (tertiary/aromatic N) is 2. The largest absolute Gasteiger partial charge is 0.373 e. The molecular weight excluding hydrogens is 186 g/mol. The van der Waals surface area contributed by atoms with E-state index < -0.39 is 0 Å². The van der Waals surface area contributed by atoms with Crippen LogP contribution < -0.4 is 5.32 Å². The molecule has 0 saturated heterocycles. The summed E-state index contributed by atoms with van der Waals surface area (Å²) >= 11 is 0. The Kier molecular flexibility index (Phi) is 2.93. The van der Waals surface area contributed by atoms with E-state index in [0.29, 0.717) is 0 Å². The van der Waals surface area contributed by atoms with Crippen LogP contribution in [-0.4, -0.2) is 17.0 Å². The maximum absolute atomic E-state index is 4.44. The summed E-state index contributed by atoms with van der Waals surface area (Å²) in [6.45, 7) is 0. The fourth-order valence-corrected chi connectivity index (χ4v) is 1.41. The SMILES string of the molecule is CNc1cccc(Cc2ccccn2)n1. The van der Waals surface area contributed by atoms with Crippen LogP contribution in [0.4, 0.5) is 5.82 Å². The predicted octanol–water partition coefficient (Wildman–Crippen LogP) is 2.11. The van der Waals surface area contributed by atoms with Gasteiger partial charge in [-0.1, -0.05) is 12.1 Å². The van der Waals surface area contributed by atoms with Gasteiger partial charge in [-0.25, -0.2) is 4.98 Å². The molecule has 0 aliphatic carbocycles. The fourth-order valence-electron chi connectivity index (χ4n) is 1.41. The van der Waals surface area contributed by atoms with E-state index in [4.69, 9.17) is 0 Å². The predicted molar refractivity (Wildman–Crippen MR) is 60.8 cm³/mol. The molecule has 3 nitrogen and oxygen atoms in total. The second-order valence-corrected chi connectivity index (χ2v) is 3.26. The molecule has 0 unspecified atom stereocenters. The smallest absolute Gasteiger partial charge is 0.125 e. The Morgan fingerprint density at radius 2 is 1.93 bits per heavy atom. The van der Waals surface area contributed by atoms with Crippen molar-refractivity contribution in [2.75, 3.05) is 12.4 Å². The molecule has 0 atom stereocenters. The standard InChI is InChI=1S/C12H13N3/c1-13-12-7-4-6-11(15-12)9-10-5-2-3-8-14-10/h2-8H,9H2,1H3,(H,13,15). The average molecular weight is 199 g/mol. The lowest BCUT2D eigenvalue weighted by Crippen LogP contribution is -1.98. The molecule has 15 heavy (non-hydrogen) atoms. The van der Waals surface area contributed by atoms with Crippen LogP contribution in [-0.2, 0) is 6.42 Å². The van der Waals surface area contributed by atoms with Crippen molar-refractivity contribution in [3.63, 3.8) is 0 Å². The minimum atomic E-state index is 0.774. The van der Waals surface area contributed by atoms with E-state index in [-0.39, 0.29) is 0 Å². The molecule has 0 bridgehead atoms. The molecule has 0 radical (unpaired) electrons. The van der Waals surface area contributed by atoms with Crippen LogP contribution in [0.2, 0.25) is 0 Å². The topological polar surface area (TPSA) is 37.8 Å². The summed E-state index contributed by atoms with van der Waals surface area (Å²) in [6, 6.07) is 11.9. The molecule has 3 heteroatoms. The molecule has 0 amide bonds. The van der Waals surface area contributed by atoms with Gasteiger partial charge in [0.15, 0.2) is 0 Å². The van der Waals surface area contributed by atoms with E-state index in [1.807, 2.05) is 43.4 Å². The number of aromatic nitrogens is 2. The van der Waals surface area contributed by atoms with Crippen LogP contribution in [0.25, 0.3) is 0 Å². The van der Waals surface area contributed by atoms with Gasteiger partial charge < -0.3 is 5.32 Å². The van der Waals surface area contributed by atoms with Crippen molar-refractivity contribution in [3.8, 4) is 0 Å². The molecule has 0 aliphatic heterocycles. The van der Waals surface area contributed by atoms with Gasteiger partial charge in [0, 0.05) is 31.1 Å². The Morgan fingerprint density at radius 3 is 2.67 bits per heavy atom. The third-order valence-corrected chi connectivity index (χ3v) is 2.15. The van der Waals surface area contributed by atoms with Crippen molar-refractivity contribution >= 4 is 5.82 Å². The molecule has 2 aromatic heterocycles. The van der Waals surface area contributed by atoms with E-state index in [0.717, 1.165) is 23.6 Å². The Labute approximate surface area is 89.2 Å². The van der Waals surface area contributed by atoms with Gasteiger partial charge in [-0.3, -0.25) is 4.98 Å². The van der Waals surface area contributed by atoms with Gasteiger partial charge in [-0.2, -0.15) is 0 Å². The first-order chi connectivity index (χ1) is 7.38. The number of nitrogens with one attached hydrogen (secondary N) is 1. The van der Waals surface area contributed by atoms with E-state index in [2.05, 4.69) is 15.3 Å². The van der Waals surface area contributed by atoms with Crippen LogP contribution in [0.15, 0.2) is 42.6 Å². The number of rotatable bonds is 3. The average Bonchev–Trinajstić information content (AvgIpc) is 2.31. The molecule has 0 aliphatic rings. The normalized spacial score (nSPS) is 9.93. The zero-order valence-electron chi connectivity index (χ0n) is 8.64. The molecule has 0 saturated carbocycles. The number of hydrogen-bond acceptors (Lipinski definition) is 3. The Hall–Kier alpha value is -1.90. The lowest BCUT2D eigenvalue weighted by molar-refractivity contribution is 1.01. The molecular formula is C12H13N3. The molecule has 0 aromatic carbocycles. The molecule has 2 heterocycles. The summed E-state index contributed by atoms with van der Waals surface area (Å²) in [5, 5.41) is 3.02. The number of pyridine rings is 2. The van der Waals surface area contributed by atoms with Crippen molar-refractivity contribution < 1.29 is 0 Å². The quantitative estimate of drug-likeness (QED) is 0.822. The summed E-state index contributed by atoms with van der Waals surface area (Å²) in [4.78, 5) is 8.70. The molecule has 0 fully saturated rings. The lowest BCUT2D eigenvalue weighted by atomic mass is 10.2. The van der Waals surface area contributed by atoms with E-state index >= 15 is 0 Å². The van der Waals surface area contributed by atoms with E-state index in [1.54, 1.807) is 6.20 Å². The first-order valence-corrected chi connectivity index (χ1v) is 4.92. The first-order valence-electron chi connectivity index (χ1n) is 4.92. The van der Waals surface area contributed by atoms with Crippen LogP contribution >= 0.6 is 0 Å². The highest BCUT2D eigenvalue weighted by Gasteiger charge is 1.98. The summed E-state index contributed by atoms with van der Waals surface area (Å²) < 4.78 is 0. The third-order valence-electron chi connectivity index (χ3n) is 2.15. The Bertz CT molecular complexity index is 426. The highest BCUT2D eigenvalue weighted by Crippen LogP contribution is 2.07. The summed E-state index contributed by atoms with van der Waals surface area (Å²) in [7, 11) is 1.87. The Balaban J connectivity index is 2.17. The number of hydrogen-bond donors (Lipinski definition) is 1. The zero-order valence-corrected chi connectivity index (χ0v) is 8.64. The minimum absolute atomic E-state index is 0.774. The van der Waals surface area contributed by atoms with Crippen LogP contribution in [0.3, 0.4) is 0 Å². The monoisotopic (exact) mass is 199 g/mol. The highest BCUT2D eigenvalue weighted by atomic mass is 15.0. The van der Waals surface area contributed by atoms with Crippen LogP contribution in [0.5, 0.6) is 0 Å². The van der Waals surface area contributed by atoms with Crippen molar-refractivity contribution in [2.24, 2.45) is 0 Å². The maximum Gasteiger partial charge on any atom is 0.125 e. The van der Waals surface area contributed by atoms with Gasteiger partial charge >= 0.3 is 0 Å². The van der Waals surface area contributed by atoms with E-state index in [9.17, 15) is 0 Å². The van der Waals surface area contributed by atoms with Crippen LogP contribution in [0.1, 0.15) is 11.4 Å².